The number of carbonyl (C=O) groups is 1. The summed E-state index contributed by atoms with van der Waals surface area (Å²) in [6.45, 7) is 3.94. The molecule has 0 saturated carbocycles. The molecule has 104 valence electrons. The van der Waals surface area contributed by atoms with Crippen molar-refractivity contribution in [2.75, 3.05) is 33.2 Å². The molecule has 3 heterocycles. The Balaban J connectivity index is 1.56. The second-order valence-corrected chi connectivity index (χ2v) is 6.05. The number of hydrogen-bond donors (Lipinski definition) is 1. The number of nitrogens with one attached hydrogen (secondary N) is 1. The van der Waals surface area contributed by atoms with Crippen molar-refractivity contribution in [1.29, 1.82) is 0 Å². The molecule has 2 aliphatic rings. The monoisotopic (exact) mass is 270 g/mol. The topological polar surface area (TPSA) is 52.2 Å². The molecule has 2 aromatic rings. The van der Waals surface area contributed by atoms with Gasteiger partial charge in [-0.25, -0.2) is 4.98 Å². The van der Waals surface area contributed by atoms with E-state index in [4.69, 9.17) is 0 Å². The number of H-pyrrole nitrogens is 1. The van der Waals surface area contributed by atoms with Crippen LogP contribution in [0.4, 0.5) is 0 Å². The van der Waals surface area contributed by atoms with E-state index in [0.717, 1.165) is 37.2 Å². The minimum Gasteiger partial charge on any atom is -0.335 e. The number of benzene rings is 1. The van der Waals surface area contributed by atoms with Gasteiger partial charge >= 0.3 is 0 Å². The Morgan fingerprint density at radius 1 is 1.20 bits per heavy atom. The van der Waals surface area contributed by atoms with Crippen LogP contribution < -0.4 is 0 Å². The van der Waals surface area contributed by atoms with Crippen LogP contribution in [0, 0.1) is 11.8 Å². The number of aromatic amines is 1. The molecule has 2 aliphatic heterocycles. The van der Waals surface area contributed by atoms with Gasteiger partial charge in [-0.15, -0.1) is 0 Å². The number of rotatable bonds is 1. The summed E-state index contributed by atoms with van der Waals surface area (Å²) in [6, 6.07) is 7.77. The van der Waals surface area contributed by atoms with Crippen molar-refractivity contribution in [1.82, 2.24) is 19.8 Å². The van der Waals surface area contributed by atoms with Gasteiger partial charge in [0, 0.05) is 26.2 Å². The van der Waals surface area contributed by atoms with Gasteiger partial charge in [-0.3, -0.25) is 4.79 Å². The first-order valence-electron chi connectivity index (χ1n) is 7.13. The second-order valence-electron chi connectivity index (χ2n) is 6.05. The zero-order valence-electron chi connectivity index (χ0n) is 11.5. The summed E-state index contributed by atoms with van der Waals surface area (Å²) >= 11 is 0. The predicted octanol–water partition coefficient (Wildman–Crippen LogP) is 1.20. The second kappa shape index (κ2) is 4.31. The lowest BCUT2D eigenvalue weighted by molar-refractivity contribution is 0.0765. The number of amides is 1. The molecule has 2 fully saturated rings. The van der Waals surface area contributed by atoms with Crippen LogP contribution in [0.1, 0.15) is 10.6 Å². The fourth-order valence-electron chi connectivity index (χ4n) is 3.60. The van der Waals surface area contributed by atoms with Crippen LogP contribution in [0.3, 0.4) is 0 Å². The normalized spacial score (nSPS) is 26.4. The van der Waals surface area contributed by atoms with E-state index in [2.05, 4.69) is 21.9 Å². The average molecular weight is 270 g/mol. The number of aromatic nitrogens is 2. The molecule has 2 unspecified atom stereocenters. The molecule has 0 radical (unpaired) electrons. The van der Waals surface area contributed by atoms with Gasteiger partial charge in [0.1, 0.15) is 0 Å². The molecule has 1 aromatic carbocycles. The fourth-order valence-corrected chi connectivity index (χ4v) is 3.60. The highest BCUT2D eigenvalue weighted by Gasteiger charge is 2.40. The quantitative estimate of drug-likeness (QED) is 0.847. The molecule has 1 aromatic heterocycles. The van der Waals surface area contributed by atoms with Crippen molar-refractivity contribution in [3.8, 4) is 0 Å². The smallest absolute Gasteiger partial charge is 0.289 e. The van der Waals surface area contributed by atoms with Crippen LogP contribution in [-0.4, -0.2) is 58.9 Å². The number of hydrogen-bond acceptors (Lipinski definition) is 3. The molecule has 0 bridgehead atoms. The Hall–Kier alpha value is -1.88. The van der Waals surface area contributed by atoms with Crippen molar-refractivity contribution < 1.29 is 4.79 Å². The van der Waals surface area contributed by atoms with Gasteiger partial charge in [-0.05, 0) is 31.0 Å². The van der Waals surface area contributed by atoms with Crippen molar-refractivity contribution >= 4 is 16.9 Å². The first-order chi connectivity index (χ1) is 9.70. The Labute approximate surface area is 117 Å². The lowest BCUT2D eigenvalue weighted by Crippen LogP contribution is -2.32. The van der Waals surface area contributed by atoms with E-state index >= 15 is 0 Å². The van der Waals surface area contributed by atoms with E-state index in [-0.39, 0.29) is 5.91 Å². The molecule has 20 heavy (non-hydrogen) atoms. The molecule has 1 N–H and O–H groups in total. The maximum atomic E-state index is 12.5. The molecule has 4 rings (SSSR count). The highest BCUT2D eigenvalue weighted by Crippen LogP contribution is 2.30. The zero-order valence-corrected chi connectivity index (χ0v) is 11.5. The number of imidazole rings is 1. The van der Waals surface area contributed by atoms with Gasteiger partial charge in [-0.2, -0.15) is 0 Å². The molecule has 2 atom stereocenters. The summed E-state index contributed by atoms with van der Waals surface area (Å²) in [5.74, 6) is 1.78. The molecule has 5 heteroatoms. The Morgan fingerprint density at radius 2 is 1.90 bits per heavy atom. The number of likely N-dealkylation sites (tertiary alicyclic amines) is 2. The summed E-state index contributed by atoms with van der Waals surface area (Å²) in [4.78, 5) is 24.4. The van der Waals surface area contributed by atoms with Gasteiger partial charge in [0.2, 0.25) is 0 Å². The van der Waals surface area contributed by atoms with Crippen LogP contribution in [-0.2, 0) is 0 Å². The van der Waals surface area contributed by atoms with E-state index in [9.17, 15) is 4.79 Å². The summed E-state index contributed by atoms with van der Waals surface area (Å²) in [5.41, 5.74) is 1.78. The molecular weight excluding hydrogens is 252 g/mol. The zero-order chi connectivity index (χ0) is 13.7. The molecule has 5 nitrogen and oxygen atoms in total. The van der Waals surface area contributed by atoms with Crippen LogP contribution in [0.2, 0.25) is 0 Å². The molecular formula is C15H18N4O. The Bertz CT molecular complexity index is 618. The number of carbonyl (C=O) groups excluding carboxylic acids is 1. The lowest BCUT2D eigenvalue weighted by atomic mass is 10.0. The summed E-state index contributed by atoms with van der Waals surface area (Å²) in [7, 11) is 2.16. The van der Waals surface area contributed by atoms with E-state index in [1.54, 1.807) is 0 Å². The van der Waals surface area contributed by atoms with Crippen LogP contribution >= 0.6 is 0 Å². The third kappa shape index (κ3) is 1.81. The first kappa shape index (κ1) is 11.9. The average Bonchev–Trinajstić information content (AvgIpc) is 3.08. The van der Waals surface area contributed by atoms with E-state index < -0.39 is 0 Å². The van der Waals surface area contributed by atoms with Gasteiger partial charge < -0.3 is 14.8 Å². The van der Waals surface area contributed by atoms with E-state index in [1.807, 2.05) is 29.2 Å². The minimum atomic E-state index is 0.0400. The van der Waals surface area contributed by atoms with Gasteiger partial charge in [0.15, 0.2) is 5.82 Å². The van der Waals surface area contributed by atoms with Crippen molar-refractivity contribution in [3.63, 3.8) is 0 Å². The standard InChI is InChI=1S/C15H18N4O/c1-18-6-10-8-19(9-11(10)7-18)15(20)14-16-12-4-2-3-5-13(12)17-14/h2-5,10-11H,6-9H2,1H3,(H,16,17). The first-order valence-corrected chi connectivity index (χ1v) is 7.13. The van der Waals surface area contributed by atoms with E-state index in [0.29, 0.717) is 17.7 Å². The predicted molar refractivity (Wildman–Crippen MR) is 76.5 cm³/mol. The largest absolute Gasteiger partial charge is 0.335 e. The number of para-hydroxylation sites is 2. The van der Waals surface area contributed by atoms with Gasteiger partial charge in [0.25, 0.3) is 5.91 Å². The van der Waals surface area contributed by atoms with Gasteiger partial charge in [-0.1, -0.05) is 12.1 Å². The third-order valence-electron chi connectivity index (χ3n) is 4.55. The van der Waals surface area contributed by atoms with Crippen LogP contribution in [0.5, 0.6) is 0 Å². The molecule has 1 amide bonds. The van der Waals surface area contributed by atoms with Crippen molar-refractivity contribution in [2.45, 2.75) is 0 Å². The van der Waals surface area contributed by atoms with Crippen molar-refractivity contribution in [3.05, 3.63) is 30.1 Å². The highest BCUT2D eigenvalue weighted by molar-refractivity contribution is 5.94. The van der Waals surface area contributed by atoms with Gasteiger partial charge in [0.05, 0.1) is 11.0 Å². The van der Waals surface area contributed by atoms with E-state index in [1.165, 1.54) is 0 Å². The van der Waals surface area contributed by atoms with Crippen LogP contribution in [0.25, 0.3) is 11.0 Å². The maximum absolute atomic E-state index is 12.5. The molecule has 2 saturated heterocycles. The number of nitrogens with zero attached hydrogens (tertiary/aromatic N) is 3. The third-order valence-corrected chi connectivity index (χ3v) is 4.55. The van der Waals surface area contributed by atoms with Crippen LogP contribution in [0.15, 0.2) is 24.3 Å². The number of fused-ring (bicyclic) bond motifs is 2. The summed E-state index contributed by atoms with van der Waals surface area (Å²) in [6.07, 6.45) is 0. The lowest BCUT2D eigenvalue weighted by Gasteiger charge is -2.18. The summed E-state index contributed by atoms with van der Waals surface area (Å²) in [5, 5.41) is 0. The van der Waals surface area contributed by atoms with Crippen molar-refractivity contribution in [2.24, 2.45) is 11.8 Å². The SMILES string of the molecule is CN1CC2CN(C(=O)c3nc4ccccc4[nH]3)CC2C1. The molecule has 0 spiro atoms. The Morgan fingerprint density at radius 3 is 2.60 bits per heavy atom. The summed E-state index contributed by atoms with van der Waals surface area (Å²) < 4.78 is 0. The fraction of sp³-hybridized carbons (Fsp3) is 0.467. The Kier molecular flexibility index (Phi) is 2.57. The maximum Gasteiger partial charge on any atom is 0.289 e. The highest BCUT2D eigenvalue weighted by atomic mass is 16.2. The molecule has 0 aliphatic carbocycles. The minimum absolute atomic E-state index is 0.0400.